The van der Waals surface area contributed by atoms with Gasteiger partial charge in [0.2, 0.25) is 10.0 Å². The van der Waals surface area contributed by atoms with Crippen LogP contribution in [0.25, 0.3) is 20.8 Å². The number of benzene rings is 2. The zero-order chi connectivity index (χ0) is 22.8. The van der Waals surface area contributed by atoms with Gasteiger partial charge in [0, 0.05) is 5.56 Å². The molecule has 0 radical (unpaired) electrons. The van der Waals surface area contributed by atoms with Gasteiger partial charge in [-0.2, -0.15) is 0 Å². The summed E-state index contributed by atoms with van der Waals surface area (Å²) in [6, 6.07) is 12.3. The van der Waals surface area contributed by atoms with Crippen LogP contribution in [0.2, 0.25) is 0 Å². The normalized spacial score (nSPS) is 11.8. The van der Waals surface area contributed by atoms with Gasteiger partial charge in [0.1, 0.15) is 22.3 Å². The van der Waals surface area contributed by atoms with Crippen LogP contribution in [0, 0.1) is 0 Å². The van der Waals surface area contributed by atoms with E-state index in [4.69, 9.17) is 29.2 Å². The molecule has 32 heavy (non-hydrogen) atoms. The molecule has 0 spiro atoms. The van der Waals surface area contributed by atoms with E-state index in [9.17, 15) is 8.42 Å². The summed E-state index contributed by atoms with van der Waals surface area (Å²) >= 11 is 1.28. The lowest BCUT2D eigenvalue weighted by atomic mass is 10.2. The van der Waals surface area contributed by atoms with Gasteiger partial charge in [-0.3, -0.25) is 0 Å². The Morgan fingerprint density at radius 2 is 1.50 bits per heavy atom. The molecule has 1 heterocycles. The van der Waals surface area contributed by atoms with E-state index in [2.05, 4.69) is 4.98 Å². The van der Waals surface area contributed by atoms with Crippen molar-refractivity contribution < 1.29 is 32.5 Å². The number of ether oxygens (including phenoxy) is 4. The van der Waals surface area contributed by atoms with Gasteiger partial charge >= 0.3 is 0 Å². The predicted octanol–water partition coefficient (Wildman–Crippen LogP) is 2.03. The van der Waals surface area contributed by atoms with Crippen LogP contribution in [0.3, 0.4) is 0 Å². The maximum Gasteiger partial charge on any atom is 0.239 e. The molecule has 0 amide bonds. The molecule has 0 bridgehead atoms. The van der Waals surface area contributed by atoms with E-state index < -0.39 is 10.0 Å². The van der Waals surface area contributed by atoms with E-state index >= 15 is 0 Å². The summed E-state index contributed by atoms with van der Waals surface area (Å²) in [7, 11) is -3.81. The Morgan fingerprint density at radius 1 is 0.875 bits per heavy atom. The first-order valence-corrected chi connectivity index (χ1v) is 12.3. The Hall–Kier alpha value is -2.12. The molecule has 3 N–H and O–H groups in total. The summed E-state index contributed by atoms with van der Waals surface area (Å²) < 4.78 is 45.7. The van der Waals surface area contributed by atoms with Crippen molar-refractivity contribution >= 4 is 31.6 Å². The van der Waals surface area contributed by atoms with E-state index in [1.54, 1.807) is 12.1 Å². The summed E-state index contributed by atoms with van der Waals surface area (Å²) in [6.07, 6.45) is 0. The maximum atomic E-state index is 11.8. The lowest BCUT2D eigenvalue weighted by molar-refractivity contribution is 0.00361. The van der Waals surface area contributed by atoms with Gasteiger partial charge in [0.25, 0.3) is 0 Å². The number of aliphatic hydroxyl groups is 1. The van der Waals surface area contributed by atoms with Crippen molar-refractivity contribution in [1.29, 1.82) is 0 Å². The van der Waals surface area contributed by atoms with Crippen molar-refractivity contribution in [3.63, 3.8) is 0 Å². The van der Waals surface area contributed by atoms with Gasteiger partial charge in [0.05, 0.1) is 56.5 Å². The van der Waals surface area contributed by atoms with Crippen molar-refractivity contribution in [2.45, 2.75) is 4.90 Å². The number of fused-ring (bicyclic) bond motifs is 1. The molecule has 2 aromatic carbocycles. The third kappa shape index (κ3) is 7.20. The van der Waals surface area contributed by atoms with Gasteiger partial charge in [0.15, 0.2) is 0 Å². The standard InChI is InChI=1S/C21H26N2O7S2/c22-32(25,26)19-3-1-2-18-20(19)31-21(23-18)16-4-6-17(7-5-16)30-15-14-29-13-12-28-11-10-27-9-8-24/h1-7,24H,8-15H2,(H2,22,25,26). The van der Waals surface area contributed by atoms with Crippen LogP contribution >= 0.6 is 11.3 Å². The van der Waals surface area contributed by atoms with Crippen molar-refractivity contribution in [2.24, 2.45) is 5.14 Å². The maximum absolute atomic E-state index is 11.8. The zero-order valence-electron chi connectivity index (χ0n) is 17.4. The van der Waals surface area contributed by atoms with Gasteiger partial charge in [-0.1, -0.05) is 6.07 Å². The van der Waals surface area contributed by atoms with Crippen LogP contribution in [0.4, 0.5) is 0 Å². The molecule has 0 aliphatic heterocycles. The first-order chi connectivity index (χ1) is 15.5. The number of aromatic nitrogens is 1. The minimum Gasteiger partial charge on any atom is -0.491 e. The van der Waals surface area contributed by atoms with Crippen LogP contribution in [-0.4, -0.2) is 71.4 Å². The molecule has 0 aliphatic rings. The lowest BCUT2D eigenvalue weighted by Gasteiger charge is -2.08. The SMILES string of the molecule is NS(=O)(=O)c1cccc2nc(-c3ccc(OCCOCCOCCOCCO)cc3)sc12. The van der Waals surface area contributed by atoms with Gasteiger partial charge in [-0.15, -0.1) is 11.3 Å². The quantitative estimate of drug-likeness (QED) is 0.334. The molecular formula is C21H26N2O7S2. The molecule has 1 aromatic heterocycles. The molecule has 11 heteroatoms. The Morgan fingerprint density at radius 3 is 2.12 bits per heavy atom. The van der Waals surface area contributed by atoms with Crippen LogP contribution in [0.15, 0.2) is 47.4 Å². The fourth-order valence-electron chi connectivity index (χ4n) is 2.79. The van der Waals surface area contributed by atoms with Crippen LogP contribution < -0.4 is 9.88 Å². The van der Waals surface area contributed by atoms with Gasteiger partial charge in [-0.25, -0.2) is 18.5 Å². The largest absolute Gasteiger partial charge is 0.491 e. The lowest BCUT2D eigenvalue weighted by Crippen LogP contribution is -2.13. The summed E-state index contributed by atoms with van der Waals surface area (Å²) in [6.45, 7) is 2.99. The number of primary sulfonamides is 1. The van der Waals surface area contributed by atoms with E-state index in [-0.39, 0.29) is 11.5 Å². The summed E-state index contributed by atoms with van der Waals surface area (Å²) in [5.41, 5.74) is 1.45. The van der Waals surface area contributed by atoms with Crippen molar-refractivity contribution in [3.8, 4) is 16.3 Å². The summed E-state index contributed by atoms with van der Waals surface area (Å²) in [4.78, 5) is 4.61. The average molecular weight is 483 g/mol. The number of nitrogens with zero attached hydrogens (tertiary/aromatic N) is 1. The summed E-state index contributed by atoms with van der Waals surface area (Å²) in [5.74, 6) is 0.695. The minimum absolute atomic E-state index is 0.00980. The molecule has 0 unspecified atom stereocenters. The average Bonchev–Trinajstić information content (AvgIpc) is 3.21. The van der Waals surface area contributed by atoms with Crippen LogP contribution in [0.1, 0.15) is 0 Å². The van der Waals surface area contributed by atoms with Crippen molar-refractivity contribution in [2.75, 3.05) is 52.9 Å². The van der Waals surface area contributed by atoms with Gasteiger partial charge in [-0.05, 0) is 36.4 Å². The highest BCUT2D eigenvalue weighted by molar-refractivity contribution is 7.89. The topological polar surface area (TPSA) is 130 Å². The van der Waals surface area contributed by atoms with Gasteiger partial charge < -0.3 is 24.1 Å². The second-order valence-electron chi connectivity index (χ2n) is 6.60. The molecule has 0 fully saturated rings. The number of sulfonamides is 1. The second-order valence-corrected chi connectivity index (χ2v) is 9.13. The highest BCUT2D eigenvalue weighted by atomic mass is 32.2. The smallest absolute Gasteiger partial charge is 0.239 e. The third-order valence-corrected chi connectivity index (χ3v) is 6.50. The van der Waals surface area contributed by atoms with Crippen molar-refractivity contribution in [1.82, 2.24) is 4.98 Å². The third-order valence-electron chi connectivity index (χ3n) is 4.26. The second kappa shape index (κ2) is 12.2. The Labute approximate surface area is 190 Å². The first kappa shape index (κ1) is 24.5. The van der Waals surface area contributed by atoms with E-state index in [0.717, 1.165) is 5.56 Å². The monoisotopic (exact) mass is 482 g/mol. The first-order valence-electron chi connectivity index (χ1n) is 9.99. The van der Waals surface area contributed by atoms with Crippen LogP contribution in [-0.2, 0) is 24.2 Å². The number of rotatable bonds is 14. The number of aliphatic hydroxyl groups excluding tert-OH is 1. The number of nitrogens with two attached hydrogens (primary N) is 1. The Kier molecular flexibility index (Phi) is 9.36. The molecule has 9 nitrogen and oxygen atoms in total. The molecule has 0 saturated heterocycles. The molecular weight excluding hydrogens is 456 g/mol. The molecule has 3 aromatic rings. The highest BCUT2D eigenvalue weighted by Crippen LogP contribution is 2.34. The summed E-state index contributed by atoms with van der Waals surface area (Å²) in [5, 5.41) is 14.6. The Bertz CT molecular complexity index is 1090. The van der Waals surface area contributed by atoms with E-state index in [1.165, 1.54) is 17.4 Å². The fourth-order valence-corrected chi connectivity index (χ4v) is 4.87. The Balaban J connectivity index is 1.43. The molecule has 3 rings (SSSR count). The highest BCUT2D eigenvalue weighted by Gasteiger charge is 2.16. The minimum atomic E-state index is -3.81. The molecule has 0 aliphatic carbocycles. The molecule has 0 saturated carbocycles. The zero-order valence-corrected chi connectivity index (χ0v) is 19.1. The van der Waals surface area contributed by atoms with E-state index in [1.807, 2.05) is 24.3 Å². The number of hydrogen-bond donors (Lipinski definition) is 2. The predicted molar refractivity (Wildman–Crippen MR) is 121 cm³/mol. The number of hydrogen-bond acceptors (Lipinski definition) is 9. The molecule has 0 atom stereocenters. The molecule has 174 valence electrons. The number of thiazole rings is 1. The van der Waals surface area contributed by atoms with Crippen molar-refractivity contribution in [3.05, 3.63) is 42.5 Å². The van der Waals surface area contributed by atoms with Crippen LogP contribution in [0.5, 0.6) is 5.75 Å². The van der Waals surface area contributed by atoms with E-state index in [0.29, 0.717) is 67.2 Å². The fraction of sp³-hybridized carbons (Fsp3) is 0.381.